The number of thiophene rings is 1. The van der Waals surface area contributed by atoms with Crippen molar-refractivity contribution in [1.82, 2.24) is 4.31 Å². The number of halogens is 3. The average molecular weight is 382 g/mol. The largest absolute Gasteiger partial charge is 0.246 e. The van der Waals surface area contributed by atoms with E-state index in [1.807, 2.05) is 0 Å². The summed E-state index contributed by atoms with van der Waals surface area (Å²) in [5, 5.41) is 1.80. The second-order valence-electron chi connectivity index (χ2n) is 4.09. The molecule has 1 heterocycles. The summed E-state index contributed by atoms with van der Waals surface area (Å²) >= 11 is 4.72. The maximum absolute atomic E-state index is 13.6. The summed E-state index contributed by atoms with van der Waals surface area (Å²) in [4.78, 5) is -0.532. The molecule has 0 unspecified atom stereocenters. The third kappa shape index (κ3) is 3.25. The smallest absolute Gasteiger partial charge is 0.207 e. The quantitative estimate of drug-likeness (QED) is 0.810. The lowest BCUT2D eigenvalue weighted by Gasteiger charge is -2.17. The molecule has 0 amide bonds. The fourth-order valence-corrected chi connectivity index (χ4v) is 4.02. The molecule has 0 N–H and O–H groups in total. The van der Waals surface area contributed by atoms with E-state index in [2.05, 4.69) is 15.9 Å². The van der Waals surface area contributed by atoms with Gasteiger partial charge in [0, 0.05) is 19.7 Å². The predicted octanol–water partition coefficient (Wildman–Crippen LogP) is 3.61. The lowest BCUT2D eigenvalue weighted by atomic mass is 10.3. The van der Waals surface area contributed by atoms with E-state index in [4.69, 9.17) is 0 Å². The van der Waals surface area contributed by atoms with Crippen LogP contribution in [0.3, 0.4) is 0 Å². The van der Waals surface area contributed by atoms with Crippen molar-refractivity contribution in [3.05, 3.63) is 50.6 Å². The van der Waals surface area contributed by atoms with Crippen molar-refractivity contribution in [2.75, 3.05) is 7.05 Å². The van der Waals surface area contributed by atoms with Crippen LogP contribution >= 0.6 is 27.3 Å². The number of nitrogens with zero attached hydrogens (tertiary/aromatic N) is 1. The van der Waals surface area contributed by atoms with E-state index in [0.717, 1.165) is 25.8 Å². The summed E-state index contributed by atoms with van der Waals surface area (Å²) in [6, 6.07) is 4.20. The van der Waals surface area contributed by atoms with Crippen LogP contribution in [-0.4, -0.2) is 19.8 Å². The fourth-order valence-electron chi connectivity index (χ4n) is 1.62. The van der Waals surface area contributed by atoms with Crippen LogP contribution < -0.4 is 0 Å². The highest BCUT2D eigenvalue weighted by Gasteiger charge is 2.25. The first-order chi connectivity index (χ1) is 9.30. The van der Waals surface area contributed by atoms with Crippen LogP contribution in [0.15, 0.2) is 38.3 Å². The van der Waals surface area contributed by atoms with Gasteiger partial charge in [-0.2, -0.15) is 4.31 Å². The molecule has 0 saturated heterocycles. The van der Waals surface area contributed by atoms with Gasteiger partial charge >= 0.3 is 0 Å². The Morgan fingerprint density at radius 1 is 1.30 bits per heavy atom. The monoisotopic (exact) mass is 381 g/mol. The number of sulfonamides is 1. The molecule has 0 aliphatic carbocycles. The molecule has 2 aromatic rings. The highest BCUT2D eigenvalue weighted by molar-refractivity contribution is 9.11. The zero-order valence-corrected chi connectivity index (χ0v) is 13.5. The molecule has 20 heavy (non-hydrogen) atoms. The predicted molar refractivity (Wildman–Crippen MR) is 77.0 cm³/mol. The van der Waals surface area contributed by atoms with Crippen LogP contribution in [0, 0.1) is 11.6 Å². The van der Waals surface area contributed by atoms with Crippen molar-refractivity contribution in [2.24, 2.45) is 0 Å². The van der Waals surface area contributed by atoms with Gasteiger partial charge in [-0.05, 0) is 45.1 Å². The van der Waals surface area contributed by atoms with Crippen LogP contribution in [0.2, 0.25) is 0 Å². The molecule has 0 atom stereocenters. The van der Waals surface area contributed by atoms with Gasteiger partial charge in [-0.1, -0.05) is 0 Å². The average Bonchev–Trinajstić information content (AvgIpc) is 2.74. The van der Waals surface area contributed by atoms with Crippen LogP contribution in [0.1, 0.15) is 5.56 Å². The Morgan fingerprint density at radius 2 is 2.00 bits per heavy atom. The van der Waals surface area contributed by atoms with E-state index >= 15 is 0 Å². The first-order valence-corrected chi connectivity index (χ1v) is 8.56. The van der Waals surface area contributed by atoms with Gasteiger partial charge < -0.3 is 0 Å². The van der Waals surface area contributed by atoms with Crippen molar-refractivity contribution in [1.29, 1.82) is 0 Å². The van der Waals surface area contributed by atoms with Crippen molar-refractivity contribution in [3.8, 4) is 0 Å². The van der Waals surface area contributed by atoms with E-state index in [1.54, 1.807) is 11.4 Å². The number of benzene rings is 1. The third-order valence-electron chi connectivity index (χ3n) is 2.61. The van der Waals surface area contributed by atoms with Crippen molar-refractivity contribution >= 4 is 37.3 Å². The Morgan fingerprint density at radius 3 is 2.55 bits per heavy atom. The lowest BCUT2D eigenvalue weighted by Crippen LogP contribution is -2.27. The summed E-state index contributed by atoms with van der Waals surface area (Å²) < 4.78 is 52.8. The summed E-state index contributed by atoms with van der Waals surface area (Å²) in [6.45, 7) is 0.112. The molecule has 2 rings (SSSR count). The van der Waals surface area contributed by atoms with Gasteiger partial charge in [-0.15, -0.1) is 11.3 Å². The van der Waals surface area contributed by atoms with Gasteiger partial charge in [0.05, 0.1) is 3.79 Å². The molecule has 0 radical (unpaired) electrons. The van der Waals surface area contributed by atoms with Crippen molar-refractivity contribution in [3.63, 3.8) is 0 Å². The molecule has 0 aliphatic rings. The first kappa shape index (κ1) is 15.6. The second-order valence-corrected chi connectivity index (χ2v) is 8.40. The summed E-state index contributed by atoms with van der Waals surface area (Å²) in [5.41, 5.74) is 0.787. The molecule has 0 aliphatic heterocycles. The Hall–Kier alpha value is -0.830. The first-order valence-electron chi connectivity index (χ1n) is 5.45. The number of rotatable bonds is 4. The van der Waals surface area contributed by atoms with Crippen molar-refractivity contribution in [2.45, 2.75) is 11.4 Å². The Labute approximate surface area is 128 Å². The molecule has 1 aromatic carbocycles. The van der Waals surface area contributed by atoms with E-state index in [1.165, 1.54) is 18.4 Å². The molecule has 8 heteroatoms. The Kier molecular flexibility index (Phi) is 4.58. The van der Waals surface area contributed by atoms with Crippen LogP contribution in [0.5, 0.6) is 0 Å². The van der Waals surface area contributed by atoms with Crippen molar-refractivity contribution < 1.29 is 17.2 Å². The number of hydrogen-bond acceptors (Lipinski definition) is 3. The second kappa shape index (κ2) is 5.88. The standard InChI is InChI=1S/C12H10BrF2NO2S2/c1-16(6-8-4-12(13)19-7-8)20(17,18)11-3-2-9(14)5-10(11)15/h2-5,7H,6H2,1H3. The van der Waals surface area contributed by atoms with Gasteiger partial charge in [0.2, 0.25) is 10.0 Å². The molecule has 0 bridgehead atoms. The molecule has 3 nitrogen and oxygen atoms in total. The molecule has 1 aromatic heterocycles. The Balaban J connectivity index is 2.29. The molecule has 0 spiro atoms. The van der Waals surface area contributed by atoms with E-state index in [9.17, 15) is 17.2 Å². The van der Waals surface area contributed by atoms with E-state index in [0.29, 0.717) is 6.07 Å². The zero-order chi connectivity index (χ0) is 14.9. The van der Waals surface area contributed by atoms with Gasteiger partial charge in [0.1, 0.15) is 16.5 Å². The minimum absolute atomic E-state index is 0.112. The Bertz CT molecular complexity index is 731. The molecule has 0 saturated carbocycles. The summed E-state index contributed by atoms with van der Waals surface area (Å²) in [6.07, 6.45) is 0. The van der Waals surface area contributed by atoms with E-state index < -0.39 is 26.6 Å². The van der Waals surface area contributed by atoms with Gasteiger partial charge in [-0.3, -0.25) is 0 Å². The summed E-state index contributed by atoms with van der Waals surface area (Å²) in [5.74, 6) is -1.91. The molecular formula is C12H10BrF2NO2S2. The maximum atomic E-state index is 13.6. The maximum Gasteiger partial charge on any atom is 0.246 e. The highest BCUT2D eigenvalue weighted by atomic mass is 79.9. The topological polar surface area (TPSA) is 37.4 Å². The molecular weight excluding hydrogens is 372 g/mol. The van der Waals surface area contributed by atoms with Crippen LogP contribution in [-0.2, 0) is 16.6 Å². The minimum Gasteiger partial charge on any atom is -0.207 e. The zero-order valence-electron chi connectivity index (χ0n) is 10.3. The van der Waals surface area contributed by atoms with Gasteiger partial charge in [0.15, 0.2) is 0 Å². The highest BCUT2D eigenvalue weighted by Crippen LogP contribution is 2.24. The molecule has 0 fully saturated rings. The third-order valence-corrected chi connectivity index (χ3v) is 6.00. The lowest BCUT2D eigenvalue weighted by molar-refractivity contribution is 0.459. The normalized spacial score (nSPS) is 12.1. The number of hydrogen-bond donors (Lipinski definition) is 0. The molecule has 108 valence electrons. The van der Waals surface area contributed by atoms with Crippen LogP contribution in [0.4, 0.5) is 8.78 Å². The van der Waals surface area contributed by atoms with Crippen LogP contribution in [0.25, 0.3) is 0 Å². The fraction of sp³-hybridized carbons (Fsp3) is 0.167. The van der Waals surface area contributed by atoms with Gasteiger partial charge in [0.25, 0.3) is 0 Å². The minimum atomic E-state index is -3.99. The SMILES string of the molecule is CN(Cc1csc(Br)c1)S(=O)(=O)c1ccc(F)cc1F. The van der Waals surface area contributed by atoms with E-state index in [-0.39, 0.29) is 6.54 Å². The van der Waals surface area contributed by atoms with Gasteiger partial charge in [-0.25, -0.2) is 17.2 Å². The summed E-state index contributed by atoms with van der Waals surface area (Å²) in [7, 11) is -2.64.